The molecule has 98 valence electrons. The molecule has 2 nitrogen and oxygen atoms in total. The van der Waals surface area contributed by atoms with Crippen molar-refractivity contribution in [1.82, 2.24) is 4.98 Å². The lowest BCUT2D eigenvalue weighted by Gasteiger charge is -2.35. The monoisotopic (exact) mass is 244 g/mol. The smallest absolute Gasteiger partial charge is 0.129 e. The number of nitrogens with one attached hydrogen (secondary N) is 1. The number of fused-ring (bicyclic) bond motifs is 2. The molecule has 0 saturated carbocycles. The molecule has 2 heteroatoms. The Morgan fingerprint density at radius 2 is 2.06 bits per heavy atom. The molecule has 0 spiro atoms. The van der Waals surface area contributed by atoms with E-state index in [1.165, 1.54) is 42.5 Å². The van der Waals surface area contributed by atoms with Crippen LogP contribution in [-0.2, 0) is 19.3 Å². The Hall–Kier alpha value is -1.05. The van der Waals surface area contributed by atoms with Crippen molar-refractivity contribution in [2.45, 2.75) is 52.9 Å². The Morgan fingerprint density at radius 3 is 2.83 bits per heavy atom. The van der Waals surface area contributed by atoms with Gasteiger partial charge in [0.15, 0.2) is 0 Å². The van der Waals surface area contributed by atoms with Crippen molar-refractivity contribution in [2.75, 3.05) is 11.9 Å². The van der Waals surface area contributed by atoms with Crippen molar-refractivity contribution < 1.29 is 0 Å². The van der Waals surface area contributed by atoms with E-state index in [4.69, 9.17) is 4.98 Å². The first-order chi connectivity index (χ1) is 8.54. The van der Waals surface area contributed by atoms with Gasteiger partial charge in [-0.2, -0.15) is 0 Å². The Balaban J connectivity index is 1.91. The number of aromatic nitrogens is 1. The van der Waals surface area contributed by atoms with Crippen molar-refractivity contribution >= 4 is 5.82 Å². The quantitative estimate of drug-likeness (QED) is 0.754. The highest BCUT2D eigenvalue weighted by Gasteiger charge is 2.30. The molecule has 18 heavy (non-hydrogen) atoms. The first kappa shape index (κ1) is 12.0. The first-order valence-corrected chi connectivity index (χ1v) is 7.29. The van der Waals surface area contributed by atoms with Crippen LogP contribution >= 0.6 is 0 Å². The van der Waals surface area contributed by atoms with E-state index in [0.717, 1.165) is 24.7 Å². The highest BCUT2D eigenvalue weighted by molar-refractivity contribution is 5.50. The molecule has 0 aromatic carbocycles. The van der Waals surface area contributed by atoms with Crippen LogP contribution in [0.2, 0.25) is 0 Å². The van der Waals surface area contributed by atoms with E-state index in [9.17, 15) is 0 Å². The number of anilines is 1. The Bertz CT molecular complexity index is 457. The normalized spacial score (nSPS) is 22.9. The maximum absolute atomic E-state index is 4.91. The molecule has 0 saturated heterocycles. The predicted octanol–water partition coefficient (Wildman–Crippen LogP) is 3.59. The minimum atomic E-state index is 0.405. The summed E-state index contributed by atoms with van der Waals surface area (Å²) in [6.45, 7) is 8.17. The minimum Gasteiger partial charge on any atom is -0.370 e. The van der Waals surface area contributed by atoms with Gasteiger partial charge in [-0.25, -0.2) is 4.98 Å². The summed E-state index contributed by atoms with van der Waals surface area (Å²) >= 11 is 0. The summed E-state index contributed by atoms with van der Waals surface area (Å²) in [6.07, 6.45) is 6.15. The largest absolute Gasteiger partial charge is 0.370 e. The summed E-state index contributed by atoms with van der Waals surface area (Å²) in [6, 6.07) is 2.42. The zero-order chi connectivity index (χ0) is 12.8. The molecule has 1 aromatic heterocycles. The molecule has 0 bridgehead atoms. The van der Waals surface area contributed by atoms with Gasteiger partial charge in [-0.3, -0.25) is 0 Å². The number of hydrogen-bond acceptors (Lipinski definition) is 2. The van der Waals surface area contributed by atoms with Crippen LogP contribution in [0.4, 0.5) is 5.82 Å². The Labute approximate surface area is 110 Å². The van der Waals surface area contributed by atoms with Crippen molar-refractivity contribution in [2.24, 2.45) is 11.3 Å². The second kappa shape index (κ2) is 4.25. The van der Waals surface area contributed by atoms with Gasteiger partial charge in [-0.15, -0.1) is 0 Å². The summed E-state index contributed by atoms with van der Waals surface area (Å²) in [4.78, 5) is 4.91. The topological polar surface area (TPSA) is 24.9 Å². The predicted molar refractivity (Wildman–Crippen MR) is 76.0 cm³/mol. The van der Waals surface area contributed by atoms with Gasteiger partial charge in [0, 0.05) is 12.2 Å². The maximum Gasteiger partial charge on any atom is 0.129 e. The number of aryl methyl sites for hydroxylation is 2. The van der Waals surface area contributed by atoms with Gasteiger partial charge in [0.2, 0.25) is 0 Å². The highest BCUT2D eigenvalue weighted by atomic mass is 15.0. The van der Waals surface area contributed by atoms with Gasteiger partial charge < -0.3 is 5.32 Å². The van der Waals surface area contributed by atoms with Gasteiger partial charge in [0.05, 0.1) is 0 Å². The average Bonchev–Trinajstić information content (AvgIpc) is 2.34. The second-order valence-electron chi connectivity index (χ2n) is 6.94. The minimum absolute atomic E-state index is 0.405. The fourth-order valence-corrected chi connectivity index (χ4v) is 3.27. The van der Waals surface area contributed by atoms with E-state index < -0.39 is 0 Å². The molecule has 1 aliphatic carbocycles. The second-order valence-corrected chi connectivity index (χ2v) is 6.94. The van der Waals surface area contributed by atoms with Crippen molar-refractivity contribution in [3.63, 3.8) is 0 Å². The van der Waals surface area contributed by atoms with Gasteiger partial charge in [-0.1, -0.05) is 26.8 Å². The Kier molecular flexibility index (Phi) is 2.84. The molecule has 1 atom stereocenters. The Morgan fingerprint density at radius 1 is 1.22 bits per heavy atom. The molecule has 2 heterocycles. The summed E-state index contributed by atoms with van der Waals surface area (Å²) in [5, 5.41) is 3.46. The van der Waals surface area contributed by atoms with E-state index in [1.54, 1.807) is 0 Å². The molecule has 0 fully saturated rings. The lowest BCUT2D eigenvalue weighted by molar-refractivity contribution is 0.214. The molecule has 1 aliphatic heterocycles. The fraction of sp³-hybridized carbons (Fsp3) is 0.688. The summed E-state index contributed by atoms with van der Waals surface area (Å²) < 4.78 is 0. The molecule has 1 N–H and O–H groups in total. The highest BCUT2D eigenvalue weighted by Crippen LogP contribution is 2.38. The average molecular weight is 244 g/mol. The van der Waals surface area contributed by atoms with Crippen molar-refractivity contribution in [1.29, 1.82) is 0 Å². The van der Waals surface area contributed by atoms with Crippen LogP contribution in [0.1, 0.15) is 50.4 Å². The van der Waals surface area contributed by atoms with Crippen LogP contribution in [-0.4, -0.2) is 11.5 Å². The summed E-state index contributed by atoms with van der Waals surface area (Å²) in [7, 11) is 0. The molecule has 2 aliphatic rings. The molecule has 1 unspecified atom stereocenters. The summed E-state index contributed by atoms with van der Waals surface area (Å²) in [5.41, 5.74) is 4.71. The van der Waals surface area contributed by atoms with E-state index in [1.807, 2.05) is 0 Å². The first-order valence-electron chi connectivity index (χ1n) is 7.29. The van der Waals surface area contributed by atoms with Crippen LogP contribution in [0, 0.1) is 11.3 Å². The third-order valence-electron chi connectivity index (χ3n) is 4.61. The van der Waals surface area contributed by atoms with Gasteiger partial charge in [-0.05, 0) is 54.6 Å². The molecular formula is C16H24N2. The molecule has 0 amide bonds. The van der Waals surface area contributed by atoms with E-state index in [2.05, 4.69) is 32.2 Å². The van der Waals surface area contributed by atoms with Crippen molar-refractivity contribution in [3.05, 3.63) is 22.9 Å². The van der Waals surface area contributed by atoms with Crippen LogP contribution in [0.5, 0.6) is 0 Å². The summed E-state index contributed by atoms with van der Waals surface area (Å²) in [5.74, 6) is 1.94. The van der Waals surface area contributed by atoms with E-state index in [-0.39, 0.29) is 0 Å². The van der Waals surface area contributed by atoms with Gasteiger partial charge >= 0.3 is 0 Å². The number of nitrogens with zero attached hydrogens (tertiary/aromatic N) is 1. The van der Waals surface area contributed by atoms with Gasteiger partial charge in [0.1, 0.15) is 5.82 Å². The SMILES string of the molecule is CC(C)(C)C1CCc2cc3c(nc2C1)NCCC3. The number of hydrogen-bond donors (Lipinski definition) is 1. The molecule has 1 aromatic rings. The molecule has 3 rings (SSSR count). The zero-order valence-corrected chi connectivity index (χ0v) is 11.8. The lowest BCUT2D eigenvalue weighted by Crippen LogP contribution is -2.28. The van der Waals surface area contributed by atoms with Crippen LogP contribution in [0.3, 0.4) is 0 Å². The van der Waals surface area contributed by atoms with Crippen LogP contribution < -0.4 is 5.32 Å². The molecular weight excluding hydrogens is 220 g/mol. The zero-order valence-electron chi connectivity index (χ0n) is 11.8. The third-order valence-corrected chi connectivity index (χ3v) is 4.61. The number of pyridine rings is 1. The molecule has 0 radical (unpaired) electrons. The van der Waals surface area contributed by atoms with Crippen LogP contribution in [0.25, 0.3) is 0 Å². The lowest BCUT2D eigenvalue weighted by atomic mass is 9.71. The maximum atomic E-state index is 4.91. The third kappa shape index (κ3) is 2.13. The fourth-order valence-electron chi connectivity index (χ4n) is 3.27. The number of rotatable bonds is 0. The van der Waals surface area contributed by atoms with Crippen LogP contribution in [0.15, 0.2) is 6.07 Å². The van der Waals surface area contributed by atoms with E-state index in [0.29, 0.717) is 5.41 Å². The van der Waals surface area contributed by atoms with Gasteiger partial charge in [0.25, 0.3) is 0 Å². The standard InChI is InChI=1S/C16H24N2/c1-16(2,3)13-7-6-11-9-12-5-4-8-17-15(12)18-14(11)10-13/h9,13H,4-8,10H2,1-3H3,(H,17,18). The van der Waals surface area contributed by atoms with Crippen molar-refractivity contribution in [3.8, 4) is 0 Å². The van der Waals surface area contributed by atoms with E-state index >= 15 is 0 Å².